The molecule has 8 atom stereocenters. The summed E-state index contributed by atoms with van der Waals surface area (Å²) < 4.78 is 22.6. The molecule has 6 N–H and O–H groups in total. The van der Waals surface area contributed by atoms with Gasteiger partial charge in [-0.2, -0.15) is 0 Å². The van der Waals surface area contributed by atoms with Gasteiger partial charge in [0.2, 0.25) is 5.91 Å². The molecule has 0 aliphatic carbocycles. The van der Waals surface area contributed by atoms with Crippen molar-refractivity contribution in [1.82, 2.24) is 0 Å². The molecular weight excluding hydrogens is 414 g/mol. The molecule has 1 aromatic rings. The highest BCUT2D eigenvalue weighted by Gasteiger charge is 2.46. The molecule has 2 aliphatic rings. The number of carbonyl (C=O) groups excluding carboxylic acids is 1. The second-order valence-electron chi connectivity index (χ2n) is 7.56. The Bertz CT molecular complexity index is 714. The fourth-order valence-corrected chi connectivity index (χ4v) is 3.56. The number of carbonyl (C=O) groups is 1. The van der Waals surface area contributed by atoms with Crippen molar-refractivity contribution in [3.63, 3.8) is 0 Å². The van der Waals surface area contributed by atoms with Crippen molar-refractivity contribution in [2.24, 2.45) is 0 Å². The summed E-state index contributed by atoms with van der Waals surface area (Å²) >= 11 is 0. The molecule has 11 nitrogen and oxygen atoms in total. The summed E-state index contributed by atoms with van der Waals surface area (Å²) in [4.78, 5) is 11.1. The standard InChI is InChI=1S/C20H29NO10/c1-10(24)21-11-2-4-12(5-3-11)28-16-7-6-13(14(8-22)29-16)30-20-19(27)18(26)17(25)15(9-23)31-20/h2-5,13-20,22-23,25-27H,6-9H2,1H3,(H,21,24)/t13-,14+,15+,16-,17+,18?,19+,20?/m0/s1. The minimum Gasteiger partial charge on any atom is -0.465 e. The smallest absolute Gasteiger partial charge is 0.221 e. The number of amides is 1. The monoisotopic (exact) mass is 443 g/mol. The van der Waals surface area contributed by atoms with Crippen LogP contribution in [0.3, 0.4) is 0 Å². The van der Waals surface area contributed by atoms with Crippen molar-refractivity contribution in [2.45, 2.75) is 69.0 Å². The van der Waals surface area contributed by atoms with Crippen LogP contribution in [0.2, 0.25) is 0 Å². The molecule has 2 unspecified atom stereocenters. The van der Waals surface area contributed by atoms with Crippen LogP contribution in [0.4, 0.5) is 5.69 Å². The lowest BCUT2D eigenvalue weighted by Gasteiger charge is -2.43. The van der Waals surface area contributed by atoms with E-state index in [4.69, 9.17) is 18.9 Å². The number of ether oxygens (including phenoxy) is 4. The van der Waals surface area contributed by atoms with E-state index in [1.807, 2.05) is 0 Å². The van der Waals surface area contributed by atoms with Crippen LogP contribution in [0.5, 0.6) is 5.75 Å². The van der Waals surface area contributed by atoms with E-state index in [0.29, 0.717) is 24.3 Å². The normalized spacial score (nSPS) is 36.1. The number of rotatable bonds is 7. The van der Waals surface area contributed by atoms with Gasteiger partial charge in [0.1, 0.15) is 36.3 Å². The average molecular weight is 443 g/mol. The Morgan fingerprint density at radius 3 is 2.29 bits per heavy atom. The minimum atomic E-state index is -1.55. The molecule has 2 aliphatic heterocycles. The number of aliphatic hydroxyl groups excluding tert-OH is 5. The van der Waals surface area contributed by atoms with E-state index < -0.39 is 55.8 Å². The Kier molecular flexibility index (Phi) is 8.19. The molecule has 0 spiro atoms. The van der Waals surface area contributed by atoms with Gasteiger partial charge in [0, 0.05) is 19.0 Å². The van der Waals surface area contributed by atoms with Crippen molar-refractivity contribution in [2.75, 3.05) is 18.5 Å². The molecule has 0 radical (unpaired) electrons. The van der Waals surface area contributed by atoms with Gasteiger partial charge in [-0.1, -0.05) is 0 Å². The number of aliphatic hydroxyl groups is 5. The molecule has 2 heterocycles. The van der Waals surface area contributed by atoms with E-state index in [1.54, 1.807) is 24.3 Å². The van der Waals surface area contributed by atoms with Crippen LogP contribution in [0, 0.1) is 0 Å². The Hall–Kier alpha value is -1.83. The maximum atomic E-state index is 11.1. The van der Waals surface area contributed by atoms with E-state index in [-0.39, 0.29) is 12.5 Å². The Morgan fingerprint density at radius 1 is 1.00 bits per heavy atom. The highest BCUT2D eigenvalue weighted by molar-refractivity contribution is 5.88. The number of hydrogen-bond donors (Lipinski definition) is 6. The fourth-order valence-electron chi connectivity index (χ4n) is 3.56. The molecule has 0 saturated carbocycles. The van der Waals surface area contributed by atoms with Crippen molar-refractivity contribution in [3.8, 4) is 5.75 Å². The summed E-state index contributed by atoms with van der Waals surface area (Å²) in [7, 11) is 0. The molecule has 2 saturated heterocycles. The predicted molar refractivity (Wildman–Crippen MR) is 105 cm³/mol. The quantitative estimate of drug-likeness (QED) is 0.298. The van der Waals surface area contributed by atoms with Gasteiger partial charge in [-0.25, -0.2) is 0 Å². The highest BCUT2D eigenvalue weighted by Crippen LogP contribution is 2.29. The molecule has 11 heteroatoms. The highest BCUT2D eigenvalue weighted by atomic mass is 16.7. The summed E-state index contributed by atoms with van der Waals surface area (Å²) in [5, 5.41) is 51.6. The molecule has 2 fully saturated rings. The molecule has 31 heavy (non-hydrogen) atoms. The predicted octanol–water partition coefficient (Wildman–Crippen LogP) is -1.29. The van der Waals surface area contributed by atoms with Crippen LogP contribution < -0.4 is 10.1 Å². The van der Waals surface area contributed by atoms with Gasteiger partial charge in [-0.15, -0.1) is 0 Å². The van der Waals surface area contributed by atoms with Crippen LogP contribution in [0.15, 0.2) is 24.3 Å². The third kappa shape index (κ3) is 5.90. The van der Waals surface area contributed by atoms with E-state index in [2.05, 4.69) is 5.32 Å². The zero-order chi connectivity index (χ0) is 22.5. The van der Waals surface area contributed by atoms with Gasteiger partial charge >= 0.3 is 0 Å². The summed E-state index contributed by atoms with van der Waals surface area (Å²) in [6.07, 6.45) is -8.27. The largest absolute Gasteiger partial charge is 0.465 e. The van der Waals surface area contributed by atoms with Crippen LogP contribution in [0.1, 0.15) is 19.8 Å². The van der Waals surface area contributed by atoms with Gasteiger partial charge in [0.05, 0.1) is 19.3 Å². The van der Waals surface area contributed by atoms with E-state index >= 15 is 0 Å². The maximum Gasteiger partial charge on any atom is 0.221 e. The van der Waals surface area contributed by atoms with Gasteiger partial charge in [-0.3, -0.25) is 4.79 Å². The first-order chi connectivity index (χ1) is 14.8. The summed E-state index contributed by atoms with van der Waals surface area (Å²) in [5.74, 6) is 0.338. The molecule has 3 rings (SSSR count). The Labute approximate surface area is 179 Å². The van der Waals surface area contributed by atoms with E-state index in [0.717, 1.165) is 0 Å². The molecule has 1 aromatic carbocycles. The van der Waals surface area contributed by atoms with Crippen LogP contribution in [-0.2, 0) is 19.0 Å². The van der Waals surface area contributed by atoms with Crippen molar-refractivity contribution in [3.05, 3.63) is 24.3 Å². The first-order valence-corrected chi connectivity index (χ1v) is 10.1. The van der Waals surface area contributed by atoms with Crippen molar-refractivity contribution >= 4 is 11.6 Å². The van der Waals surface area contributed by atoms with E-state index in [1.165, 1.54) is 6.92 Å². The van der Waals surface area contributed by atoms with Crippen LogP contribution >= 0.6 is 0 Å². The third-order valence-electron chi connectivity index (χ3n) is 5.21. The SMILES string of the molecule is CC(=O)Nc1ccc(O[C@@H]2CC[C@H](OC3O[C@H](CO)[C@@H](O)C(O)[C@H]3O)[C@@H](CO)O2)cc1. The molecule has 1 amide bonds. The lowest BCUT2D eigenvalue weighted by molar-refractivity contribution is -0.329. The summed E-state index contributed by atoms with van der Waals surface area (Å²) in [6, 6.07) is 6.74. The van der Waals surface area contributed by atoms with Crippen LogP contribution in [-0.4, -0.2) is 93.9 Å². The zero-order valence-electron chi connectivity index (χ0n) is 17.0. The first-order valence-electron chi connectivity index (χ1n) is 10.1. The van der Waals surface area contributed by atoms with Crippen molar-refractivity contribution in [1.29, 1.82) is 0 Å². The lowest BCUT2D eigenvalue weighted by atomic mass is 9.99. The minimum absolute atomic E-state index is 0.180. The van der Waals surface area contributed by atoms with Gasteiger partial charge < -0.3 is 49.8 Å². The molecule has 0 aromatic heterocycles. The molecule has 0 bridgehead atoms. The molecule has 174 valence electrons. The second kappa shape index (κ2) is 10.7. The Morgan fingerprint density at radius 2 is 1.68 bits per heavy atom. The Balaban J connectivity index is 1.56. The number of nitrogens with one attached hydrogen (secondary N) is 1. The summed E-state index contributed by atoms with van der Waals surface area (Å²) in [6.45, 7) is 0.466. The van der Waals surface area contributed by atoms with Crippen molar-refractivity contribution < 1.29 is 49.3 Å². The van der Waals surface area contributed by atoms with Gasteiger partial charge in [0.15, 0.2) is 12.6 Å². The number of hydrogen-bond acceptors (Lipinski definition) is 10. The third-order valence-corrected chi connectivity index (χ3v) is 5.21. The van der Waals surface area contributed by atoms with Gasteiger partial charge in [-0.05, 0) is 30.7 Å². The second-order valence-corrected chi connectivity index (χ2v) is 7.56. The average Bonchev–Trinajstić information content (AvgIpc) is 2.76. The summed E-state index contributed by atoms with van der Waals surface area (Å²) in [5.41, 5.74) is 0.630. The number of benzene rings is 1. The maximum absolute atomic E-state index is 11.1. The first kappa shape index (κ1) is 23.8. The fraction of sp³-hybridized carbons (Fsp3) is 0.650. The van der Waals surface area contributed by atoms with Crippen LogP contribution in [0.25, 0.3) is 0 Å². The lowest BCUT2D eigenvalue weighted by Crippen LogP contribution is -2.60. The molecular formula is C20H29NO10. The zero-order valence-corrected chi connectivity index (χ0v) is 17.0. The number of anilines is 1. The van der Waals surface area contributed by atoms with Gasteiger partial charge in [0.25, 0.3) is 0 Å². The topological polar surface area (TPSA) is 167 Å². The van der Waals surface area contributed by atoms with E-state index in [9.17, 15) is 30.3 Å².